The highest BCUT2D eigenvalue weighted by Crippen LogP contribution is 2.34. The van der Waals surface area contributed by atoms with Gasteiger partial charge < -0.3 is 0 Å². The predicted octanol–water partition coefficient (Wildman–Crippen LogP) is 2.99. The third kappa shape index (κ3) is 2.47. The molecule has 88 valence electrons. The van der Waals surface area contributed by atoms with Crippen molar-refractivity contribution in [2.45, 2.75) is 45.1 Å². The number of rotatable bonds is 2. The van der Waals surface area contributed by atoms with Crippen LogP contribution in [0.3, 0.4) is 0 Å². The maximum atomic E-state index is 11.9. The summed E-state index contributed by atoms with van der Waals surface area (Å²) in [7, 11) is 0. The first-order valence-corrected chi connectivity index (χ1v) is 7.04. The average molecular weight is 332 g/mol. The Hall–Kier alpha value is -0.390. The summed E-state index contributed by atoms with van der Waals surface area (Å²) in [6.45, 7) is 2.21. The lowest BCUT2D eigenvalue weighted by atomic mass is 9.83. The molecule has 0 amide bonds. The molecule has 1 aromatic heterocycles. The van der Waals surface area contributed by atoms with Gasteiger partial charge in [-0.1, -0.05) is 26.2 Å². The van der Waals surface area contributed by atoms with Crippen LogP contribution in [0.5, 0.6) is 0 Å². The lowest BCUT2D eigenvalue weighted by Gasteiger charge is -2.31. The third-order valence-corrected chi connectivity index (χ3v) is 4.09. The standard InChI is InChI=1S/C12H17IN2O/c1-2-9-5-3-4-6-11(9)15-12(16)7-10(13)8-14-15/h7-9,11H,2-6H2,1H3. The van der Waals surface area contributed by atoms with Crippen molar-refractivity contribution in [3.05, 3.63) is 26.2 Å². The Morgan fingerprint density at radius 1 is 1.50 bits per heavy atom. The molecule has 0 aromatic carbocycles. The van der Waals surface area contributed by atoms with Gasteiger partial charge in [-0.15, -0.1) is 0 Å². The molecule has 1 aliphatic rings. The van der Waals surface area contributed by atoms with E-state index in [1.807, 2.05) is 0 Å². The molecule has 0 N–H and O–H groups in total. The molecule has 1 aromatic rings. The molecule has 0 radical (unpaired) electrons. The minimum atomic E-state index is 0.0530. The van der Waals surface area contributed by atoms with Crippen LogP contribution < -0.4 is 5.56 Å². The molecular weight excluding hydrogens is 315 g/mol. The van der Waals surface area contributed by atoms with E-state index >= 15 is 0 Å². The van der Waals surface area contributed by atoms with E-state index in [1.54, 1.807) is 16.9 Å². The lowest BCUT2D eigenvalue weighted by Crippen LogP contribution is -2.33. The zero-order valence-corrected chi connectivity index (χ0v) is 11.7. The van der Waals surface area contributed by atoms with Gasteiger partial charge in [0.05, 0.1) is 12.2 Å². The highest BCUT2D eigenvalue weighted by atomic mass is 127. The third-order valence-electron chi connectivity index (χ3n) is 3.50. The van der Waals surface area contributed by atoms with Gasteiger partial charge in [0.15, 0.2) is 0 Å². The van der Waals surface area contributed by atoms with Crippen LogP contribution in [-0.4, -0.2) is 9.78 Å². The minimum Gasteiger partial charge on any atom is -0.268 e. The van der Waals surface area contributed by atoms with Gasteiger partial charge in [-0.25, -0.2) is 4.68 Å². The van der Waals surface area contributed by atoms with Crippen molar-refractivity contribution in [2.75, 3.05) is 0 Å². The topological polar surface area (TPSA) is 34.9 Å². The molecule has 0 bridgehead atoms. The van der Waals surface area contributed by atoms with Crippen LogP contribution in [0.2, 0.25) is 0 Å². The number of nitrogens with zero attached hydrogens (tertiary/aromatic N) is 2. The quantitative estimate of drug-likeness (QED) is 0.781. The van der Waals surface area contributed by atoms with Gasteiger partial charge in [0.2, 0.25) is 0 Å². The van der Waals surface area contributed by atoms with Crippen molar-refractivity contribution in [1.29, 1.82) is 0 Å². The number of hydrogen-bond acceptors (Lipinski definition) is 2. The summed E-state index contributed by atoms with van der Waals surface area (Å²) in [6.07, 6.45) is 7.79. The fourth-order valence-electron chi connectivity index (χ4n) is 2.63. The Kier molecular flexibility index (Phi) is 4.00. The molecule has 0 saturated heterocycles. The Bertz CT molecular complexity index is 416. The monoisotopic (exact) mass is 332 g/mol. The summed E-state index contributed by atoms with van der Waals surface area (Å²) < 4.78 is 2.62. The predicted molar refractivity (Wildman–Crippen MR) is 72.5 cm³/mol. The Labute approximate surface area is 109 Å². The summed E-state index contributed by atoms with van der Waals surface area (Å²) in [5.74, 6) is 0.624. The van der Waals surface area contributed by atoms with Crippen LogP contribution >= 0.6 is 22.6 Å². The van der Waals surface area contributed by atoms with Crippen molar-refractivity contribution < 1.29 is 0 Å². The number of halogens is 1. The summed E-state index contributed by atoms with van der Waals surface area (Å²) in [4.78, 5) is 11.9. The molecule has 1 saturated carbocycles. The van der Waals surface area contributed by atoms with Crippen LogP contribution in [0.25, 0.3) is 0 Å². The second kappa shape index (κ2) is 5.29. The van der Waals surface area contributed by atoms with Gasteiger partial charge in [0, 0.05) is 9.64 Å². The highest BCUT2D eigenvalue weighted by molar-refractivity contribution is 14.1. The first-order valence-electron chi connectivity index (χ1n) is 5.96. The molecule has 1 heterocycles. The molecule has 16 heavy (non-hydrogen) atoms. The SMILES string of the molecule is CCC1CCCCC1n1ncc(I)cc1=O. The molecule has 2 rings (SSSR count). The van der Waals surface area contributed by atoms with Crippen LogP contribution in [0, 0.1) is 9.49 Å². The summed E-state index contributed by atoms with van der Waals surface area (Å²) >= 11 is 2.13. The fraction of sp³-hybridized carbons (Fsp3) is 0.667. The van der Waals surface area contributed by atoms with Gasteiger partial charge in [0.1, 0.15) is 0 Å². The van der Waals surface area contributed by atoms with Crippen LogP contribution in [0.1, 0.15) is 45.1 Å². The van der Waals surface area contributed by atoms with Gasteiger partial charge >= 0.3 is 0 Å². The maximum Gasteiger partial charge on any atom is 0.268 e. The van der Waals surface area contributed by atoms with Crippen LogP contribution in [0.15, 0.2) is 17.1 Å². The summed E-state index contributed by atoms with van der Waals surface area (Å²) in [5.41, 5.74) is 0.0530. The largest absolute Gasteiger partial charge is 0.268 e. The van der Waals surface area contributed by atoms with Crippen LogP contribution in [-0.2, 0) is 0 Å². The molecule has 2 atom stereocenters. The number of hydrogen-bond donors (Lipinski definition) is 0. The van der Waals surface area contributed by atoms with E-state index in [2.05, 4.69) is 34.6 Å². The van der Waals surface area contributed by atoms with Gasteiger partial charge in [-0.05, 0) is 41.4 Å². The second-order valence-corrected chi connectivity index (χ2v) is 5.72. The summed E-state index contributed by atoms with van der Waals surface area (Å²) in [6, 6.07) is 2.00. The zero-order chi connectivity index (χ0) is 11.5. The Morgan fingerprint density at radius 2 is 2.25 bits per heavy atom. The fourth-order valence-corrected chi connectivity index (χ4v) is 3.02. The highest BCUT2D eigenvalue weighted by Gasteiger charge is 2.26. The van der Waals surface area contributed by atoms with E-state index < -0.39 is 0 Å². The Balaban J connectivity index is 2.31. The van der Waals surface area contributed by atoms with E-state index in [0.29, 0.717) is 12.0 Å². The molecule has 2 unspecified atom stereocenters. The first-order chi connectivity index (χ1) is 7.72. The minimum absolute atomic E-state index is 0.0530. The number of aromatic nitrogens is 2. The van der Waals surface area contributed by atoms with E-state index in [1.165, 1.54) is 19.3 Å². The van der Waals surface area contributed by atoms with Crippen molar-refractivity contribution in [2.24, 2.45) is 5.92 Å². The van der Waals surface area contributed by atoms with Gasteiger partial charge in [0.25, 0.3) is 5.56 Å². The summed E-state index contributed by atoms with van der Waals surface area (Å²) in [5, 5.41) is 4.30. The second-order valence-electron chi connectivity index (χ2n) is 4.48. The molecule has 1 fully saturated rings. The smallest absolute Gasteiger partial charge is 0.268 e. The van der Waals surface area contributed by atoms with E-state index in [-0.39, 0.29) is 5.56 Å². The normalized spacial score (nSPS) is 25.6. The molecule has 1 aliphatic carbocycles. The Morgan fingerprint density at radius 3 is 2.94 bits per heavy atom. The van der Waals surface area contributed by atoms with Crippen molar-refractivity contribution >= 4 is 22.6 Å². The molecular formula is C12H17IN2O. The van der Waals surface area contributed by atoms with Crippen molar-refractivity contribution in [3.63, 3.8) is 0 Å². The van der Waals surface area contributed by atoms with E-state index in [4.69, 9.17) is 0 Å². The first kappa shape index (κ1) is 12.1. The van der Waals surface area contributed by atoms with Crippen molar-refractivity contribution in [3.8, 4) is 0 Å². The zero-order valence-electron chi connectivity index (χ0n) is 9.53. The van der Waals surface area contributed by atoms with E-state index in [0.717, 1.165) is 16.4 Å². The average Bonchev–Trinajstić information content (AvgIpc) is 2.29. The van der Waals surface area contributed by atoms with Gasteiger partial charge in [-0.2, -0.15) is 5.10 Å². The maximum absolute atomic E-state index is 11.9. The van der Waals surface area contributed by atoms with Gasteiger partial charge in [-0.3, -0.25) is 4.79 Å². The lowest BCUT2D eigenvalue weighted by molar-refractivity contribution is 0.210. The molecule has 3 nitrogen and oxygen atoms in total. The van der Waals surface area contributed by atoms with Crippen molar-refractivity contribution in [1.82, 2.24) is 9.78 Å². The molecule has 0 spiro atoms. The molecule has 0 aliphatic heterocycles. The molecule has 4 heteroatoms. The van der Waals surface area contributed by atoms with E-state index in [9.17, 15) is 4.79 Å². The van der Waals surface area contributed by atoms with Crippen LogP contribution in [0.4, 0.5) is 0 Å².